The molecule has 184 valence electrons. The van der Waals surface area contributed by atoms with Gasteiger partial charge in [0.25, 0.3) is 0 Å². The van der Waals surface area contributed by atoms with Crippen molar-refractivity contribution in [1.29, 1.82) is 0 Å². The number of ketones is 1. The average molecular weight is 459 g/mol. The molecule has 0 aromatic carbocycles. The molecule has 12 nitrogen and oxygen atoms in total. The zero-order chi connectivity index (χ0) is 23.9. The molecule has 0 aliphatic heterocycles. The third-order valence-corrected chi connectivity index (χ3v) is 4.15. The minimum atomic E-state index is -0.602. The van der Waals surface area contributed by atoms with Crippen LogP contribution in [0.3, 0.4) is 0 Å². The summed E-state index contributed by atoms with van der Waals surface area (Å²) in [6.07, 6.45) is 3.61. The maximum atomic E-state index is 12.6. The molecular formula is C20H38N6O6. The molecule has 0 bridgehead atoms. The zero-order valence-corrected chi connectivity index (χ0v) is 19.1. The Morgan fingerprint density at radius 3 is 2.47 bits per heavy atom. The Hall–Kier alpha value is -2.24. The van der Waals surface area contributed by atoms with Crippen LogP contribution in [0.25, 0.3) is 10.4 Å². The van der Waals surface area contributed by atoms with E-state index in [4.69, 9.17) is 25.5 Å². The van der Waals surface area contributed by atoms with Gasteiger partial charge in [0.2, 0.25) is 11.8 Å². The van der Waals surface area contributed by atoms with Gasteiger partial charge in [-0.3, -0.25) is 14.4 Å². The van der Waals surface area contributed by atoms with Crippen LogP contribution in [0.5, 0.6) is 0 Å². The predicted octanol–water partition coefficient (Wildman–Crippen LogP) is 0.836. The molecule has 0 aliphatic rings. The van der Waals surface area contributed by atoms with Crippen LogP contribution in [0.2, 0.25) is 0 Å². The normalized spacial score (nSPS) is 11.4. The first-order valence-electron chi connectivity index (χ1n) is 11.1. The minimum absolute atomic E-state index is 0.0465. The number of nitrogens with one attached hydrogen (secondary N) is 2. The molecule has 0 saturated carbocycles. The quantitative estimate of drug-likeness (QED) is 0.0930. The van der Waals surface area contributed by atoms with E-state index >= 15 is 0 Å². The van der Waals surface area contributed by atoms with Crippen LogP contribution in [0, 0.1) is 0 Å². The van der Waals surface area contributed by atoms with Crippen molar-refractivity contribution in [3.63, 3.8) is 0 Å². The number of carbonyl (C=O) groups is 3. The van der Waals surface area contributed by atoms with E-state index in [2.05, 4.69) is 20.7 Å². The molecule has 0 radical (unpaired) electrons. The molecule has 0 aromatic rings. The van der Waals surface area contributed by atoms with Crippen LogP contribution in [-0.2, 0) is 28.6 Å². The predicted molar refractivity (Wildman–Crippen MR) is 119 cm³/mol. The SMILES string of the molecule is CCCOCCCC(=O)[C@H](CCCCNC(=O)COCCN=[N+]=[N-])NC(=O)COCCN. The summed E-state index contributed by atoms with van der Waals surface area (Å²) in [6.45, 7) is 4.31. The Labute approximate surface area is 189 Å². The molecule has 12 heteroatoms. The molecule has 0 spiro atoms. The van der Waals surface area contributed by atoms with Crippen molar-refractivity contribution in [2.45, 2.75) is 51.5 Å². The van der Waals surface area contributed by atoms with E-state index in [-0.39, 0.29) is 50.6 Å². The van der Waals surface area contributed by atoms with Gasteiger partial charge < -0.3 is 30.6 Å². The molecule has 0 rings (SSSR count). The van der Waals surface area contributed by atoms with Gasteiger partial charge in [0, 0.05) is 44.2 Å². The third-order valence-electron chi connectivity index (χ3n) is 4.15. The molecule has 0 aliphatic carbocycles. The molecule has 0 aromatic heterocycles. The second-order valence-electron chi connectivity index (χ2n) is 7.00. The fourth-order valence-corrected chi connectivity index (χ4v) is 2.63. The lowest BCUT2D eigenvalue weighted by molar-refractivity contribution is -0.130. The zero-order valence-electron chi connectivity index (χ0n) is 19.1. The number of Topliss-reactive ketones (excluding diaryl/α,β-unsaturated/α-hetero) is 1. The van der Waals surface area contributed by atoms with Crippen molar-refractivity contribution in [2.24, 2.45) is 10.8 Å². The second-order valence-corrected chi connectivity index (χ2v) is 7.00. The number of rotatable bonds is 22. The lowest BCUT2D eigenvalue weighted by Gasteiger charge is -2.18. The first-order chi connectivity index (χ1) is 15.5. The number of nitrogens with two attached hydrogens (primary N) is 1. The highest BCUT2D eigenvalue weighted by molar-refractivity contribution is 5.89. The van der Waals surface area contributed by atoms with Crippen molar-refractivity contribution in [3.8, 4) is 0 Å². The molecule has 2 amide bonds. The van der Waals surface area contributed by atoms with Crippen molar-refractivity contribution in [1.82, 2.24) is 10.6 Å². The number of carbonyl (C=O) groups excluding carboxylic acids is 3. The van der Waals surface area contributed by atoms with E-state index < -0.39 is 6.04 Å². The Bertz CT molecular complexity index is 571. The standard InChI is InChI=1S/C20H38N6O6/c1-2-11-30-12-5-7-18(27)17(25-20(29)16-31-13-8-21)6-3-4-9-23-19(28)15-32-14-10-24-26-22/h17H,2-16,21H2,1H3,(H,23,28)(H,25,29)/t17-/m0/s1. The first kappa shape index (κ1) is 29.8. The van der Waals surface area contributed by atoms with Gasteiger partial charge in [-0.05, 0) is 37.6 Å². The maximum absolute atomic E-state index is 12.6. The largest absolute Gasteiger partial charge is 0.381 e. The van der Waals surface area contributed by atoms with E-state index in [0.717, 1.165) is 6.42 Å². The summed E-state index contributed by atoms with van der Waals surface area (Å²) < 4.78 is 15.6. The van der Waals surface area contributed by atoms with Gasteiger partial charge in [0.15, 0.2) is 5.78 Å². The van der Waals surface area contributed by atoms with Crippen LogP contribution in [0.1, 0.15) is 45.4 Å². The van der Waals surface area contributed by atoms with Gasteiger partial charge in [-0.2, -0.15) is 0 Å². The van der Waals surface area contributed by atoms with Crippen LogP contribution in [-0.4, -0.2) is 82.9 Å². The van der Waals surface area contributed by atoms with Crippen molar-refractivity contribution in [2.75, 3.05) is 59.3 Å². The molecule has 0 fully saturated rings. The van der Waals surface area contributed by atoms with Gasteiger partial charge in [-0.15, -0.1) is 0 Å². The van der Waals surface area contributed by atoms with Gasteiger partial charge in [0.05, 0.1) is 19.3 Å². The first-order valence-corrected chi connectivity index (χ1v) is 11.1. The average Bonchev–Trinajstić information content (AvgIpc) is 2.77. The van der Waals surface area contributed by atoms with Crippen LogP contribution < -0.4 is 16.4 Å². The lowest BCUT2D eigenvalue weighted by atomic mass is 10.0. The Morgan fingerprint density at radius 1 is 1.00 bits per heavy atom. The smallest absolute Gasteiger partial charge is 0.246 e. The van der Waals surface area contributed by atoms with Gasteiger partial charge in [-0.25, -0.2) is 0 Å². The summed E-state index contributed by atoms with van der Waals surface area (Å²) in [5.74, 6) is -0.670. The Morgan fingerprint density at radius 2 is 1.75 bits per heavy atom. The highest BCUT2D eigenvalue weighted by Crippen LogP contribution is 2.06. The topological polar surface area (TPSA) is 178 Å². The van der Waals surface area contributed by atoms with Crippen molar-refractivity contribution < 1.29 is 28.6 Å². The molecule has 1 atom stereocenters. The highest BCUT2D eigenvalue weighted by atomic mass is 16.5. The number of unbranched alkanes of at least 4 members (excludes halogenated alkanes) is 1. The molecule has 4 N–H and O–H groups in total. The summed E-state index contributed by atoms with van der Waals surface area (Å²) in [5.41, 5.74) is 13.5. The lowest BCUT2D eigenvalue weighted by Crippen LogP contribution is -2.42. The van der Waals surface area contributed by atoms with Gasteiger partial charge in [0.1, 0.15) is 13.2 Å². The van der Waals surface area contributed by atoms with E-state index in [1.807, 2.05) is 6.92 Å². The van der Waals surface area contributed by atoms with Crippen molar-refractivity contribution in [3.05, 3.63) is 10.4 Å². The highest BCUT2D eigenvalue weighted by Gasteiger charge is 2.20. The Balaban J connectivity index is 4.26. The fourth-order valence-electron chi connectivity index (χ4n) is 2.63. The van der Waals surface area contributed by atoms with E-state index in [9.17, 15) is 14.4 Å². The number of amides is 2. The second kappa shape index (κ2) is 22.0. The van der Waals surface area contributed by atoms with E-state index in [0.29, 0.717) is 58.4 Å². The number of ether oxygens (including phenoxy) is 3. The molecular weight excluding hydrogens is 420 g/mol. The minimum Gasteiger partial charge on any atom is -0.381 e. The van der Waals surface area contributed by atoms with E-state index in [1.165, 1.54) is 0 Å². The summed E-state index contributed by atoms with van der Waals surface area (Å²) in [5, 5.41) is 8.76. The summed E-state index contributed by atoms with van der Waals surface area (Å²) in [6, 6.07) is -0.602. The monoisotopic (exact) mass is 458 g/mol. The van der Waals surface area contributed by atoms with E-state index in [1.54, 1.807) is 0 Å². The van der Waals surface area contributed by atoms with Crippen LogP contribution in [0.15, 0.2) is 5.11 Å². The van der Waals surface area contributed by atoms with Gasteiger partial charge >= 0.3 is 0 Å². The summed E-state index contributed by atoms with van der Waals surface area (Å²) in [4.78, 5) is 38.8. The Kier molecular flexibility index (Phi) is 20.4. The third kappa shape index (κ3) is 18.5. The van der Waals surface area contributed by atoms with Gasteiger partial charge in [-0.1, -0.05) is 12.0 Å². The molecule has 0 saturated heterocycles. The number of hydrogen-bond acceptors (Lipinski definition) is 8. The number of hydrogen-bond donors (Lipinski definition) is 3. The summed E-state index contributed by atoms with van der Waals surface area (Å²) >= 11 is 0. The fraction of sp³-hybridized carbons (Fsp3) is 0.850. The maximum Gasteiger partial charge on any atom is 0.246 e. The van der Waals surface area contributed by atoms with Crippen LogP contribution >= 0.6 is 0 Å². The number of nitrogens with zero attached hydrogens (tertiary/aromatic N) is 3. The van der Waals surface area contributed by atoms with Crippen LogP contribution in [0.4, 0.5) is 0 Å². The molecule has 0 unspecified atom stereocenters. The van der Waals surface area contributed by atoms with Crippen molar-refractivity contribution >= 4 is 17.6 Å². The number of azide groups is 1. The molecule has 32 heavy (non-hydrogen) atoms. The summed E-state index contributed by atoms with van der Waals surface area (Å²) in [7, 11) is 0. The molecule has 0 heterocycles.